The lowest BCUT2D eigenvalue weighted by molar-refractivity contribution is 0.0779. The molecule has 0 aromatic carbocycles. The fourth-order valence-corrected chi connectivity index (χ4v) is 1.82. The zero-order valence-electron chi connectivity index (χ0n) is 9.53. The van der Waals surface area contributed by atoms with Gasteiger partial charge in [-0.2, -0.15) is 10.4 Å². The standard InChI is InChI=1S/C10H17N3OSi/c1-15(2,3)7-6-14-9-13-10(8-11)4-5-12-13/h4-5H,6-7,9H2,1-3H3. The molecule has 0 spiro atoms. The van der Waals surface area contributed by atoms with Crippen molar-refractivity contribution in [3.8, 4) is 6.07 Å². The van der Waals surface area contributed by atoms with Crippen LogP contribution in [0.2, 0.25) is 25.7 Å². The minimum absolute atomic E-state index is 0.375. The van der Waals surface area contributed by atoms with Crippen LogP contribution >= 0.6 is 0 Å². The minimum Gasteiger partial charge on any atom is -0.359 e. The highest BCUT2D eigenvalue weighted by Gasteiger charge is 2.12. The van der Waals surface area contributed by atoms with Crippen molar-refractivity contribution in [3.05, 3.63) is 18.0 Å². The van der Waals surface area contributed by atoms with Gasteiger partial charge in [-0.1, -0.05) is 19.6 Å². The topological polar surface area (TPSA) is 50.8 Å². The van der Waals surface area contributed by atoms with E-state index in [1.807, 2.05) is 0 Å². The smallest absolute Gasteiger partial charge is 0.141 e. The number of aromatic nitrogens is 2. The van der Waals surface area contributed by atoms with Gasteiger partial charge in [-0.15, -0.1) is 0 Å². The molecular weight excluding hydrogens is 206 g/mol. The van der Waals surface area contributed by atoms with E-state index >= 15 is 0 Å². The first-order chi connectivity index (χ1) is 7.03. The van der Waals surface area contributed by atoms with Gasteiger partial charge in [-0.3, -0.25) is 0 Å². The molecule has 0 radical (unpaired) electrons. The molecule has 0 bridgehead atoms. The summed E-state index contributed by atoms with van der Waals surface area (Å²) in [4.78, 5) is 0. The van der Waals surface area contributed by atoms with Crippen molar-refractivity contribution in [3.63, 3.8) is 0 Å². The molecule has 0 N–H and O–H groups in total. The Balaban J connectivity index is 2.30. The van der Waals surface area contributed by atoms with Crippen LogP contribution in [-0.2, 0) is 11.5 Å². The van der Waals surface area contributed by atoms with Crippen LogP contribution in [0.15, 0.2) is 12.3 Å². The zero-order valence-corrected chi connectivity index (χ0v) is 10.5. The summed E-state index contributed by atoms with van der Waals surface area (Å²) in [5, 5.41) is 12.7. The van der Waals surface area contributed by atoms with Crippen LogP contribution in [0.25, 0.3) is 0 Å². The van der Waals surface area contributed by atoms with E-state index in [9.17, 15) is 0 Å². The number of hydrogen-bond donors (Lipinski definition) is 0. The molecule has 1 heterocycles. The lowest BCUT2D eigenvalue weighted by atomic mass is 10.5. The molecule has 1 rings (SSSR count). The van der Waals surface area contributed by atoms with Gasteiger partial charge in [0.1, 0.15) is 18.5 Å². The quantitative estimate of drug-likeness (QED) is 0.567. The number of nitrogens with zero attached hydrogens (tertiary/aromatic N) is 3. The van der Waals surface area contributed by atoms with E-state index in [1.165, 1.54) is 0 Å². The second-order valence-electron chi connectivity index (χ2n) is 4.68. The van der Waals surface area contributed by atoms with Crippen LogP contribution in [-0.4, -0.2) is 24.5 Å². The highest BCUT2D eigenvalue weighted by atomic mass is 28.3. The molecule has 0 aliphatic heterocycles. The summed E-state index contributed by atoms with van der Waals surface area (Å²) in [7, 11) is -1.02. The molecule has 0 fully saturated rings. The van der Waals surface area contributed by atoms with Crippen molar-refractivity contribution in [2.45, 2.75) is 32.4 Å². The number of nitriles is 1. The first-order valence-corrected chi connectivity index (χ1v) is 8.73. The number of hydrogen-bond acceptors (Lipinski definition) is 3. The molecule has 0 unspecified atom stereocenters. The Morgan fingerprint density at radius 3 is 2.87 bits per heavy atom. The average molecular weight is 223 g/mol. The van der Waals surface area contributed by atoms with Gasteiger partial charge >= 0.3 is 0 Å². The van der Waals surface area contributed by atoms with Crippen molar-refractivity contribution >= 4 is 8.07 Å². The molecule has 0 saturated heterocycles. The Kier molecular flexibility index (Phi) is 4.06. The number of rotatable bonds is 5. The first-order valence-electron chi connectivity index (χ1n) is 5.02. The van der Waals surface area contributed by atoms with Gasteiger partial charge < -0.3 is 4.74 Å². The van der Waals surface area contributed by atoms with Gasteiger partial charge in [-0.25, -0.2) is 4.68 Å². The maximum atomic E-state index is 8.73. The Morgan fingerprint density at radius 2 is 2.27 bits per heavy atom. The van der Waals surface area contributed by atoms with E-state index in [1.54, 1.807) is 16.9 Å². The fourth-order valence-electron chi connectivity index (χ4n) is 1.06. The molecule has 15 heavy (non-hydrogen) atoms. The van der Waals surface area contributed by atoms with Crippen molar-refractivity contribution in [2.24, 2.45) is 0 Å². The lowest BCUT2D eigenvalue weighted by Gasteiger charge is -2.15. The highest BCUT2D eigenvalue weighted by Crippen LogP contribution is 2.08. The predicted octanol–water partition coefficient (Wildman–Crippen LogP) is 2.07. The van der Waals surface area contributed by atoms with Crippen molar-refractivity contribution in [2.75, 3.05) is 6.61 Å². The van der Waals surface area contributed by atoms with Gasteiger partial charge in [0.25, 0.3) is 0 Å². The van der Waals surface area contributed by atoms with E-state index in [0.717, 1.165) is 12.7 Å². The van der Waals surface area contributed by atoms with Crippen LogP contribution in [0.5, 0.6) is 0 Å². The predicted molar refractivity (Wildman–Crippen MR) is 61.0 cm³/mol. The van der Waals surface area contributed by atoms with E-state index in [2.05, 4.69) is 30.8 Å². The minimum atomic E-state index is -1.02. The third-order valence-corrected chi connectivity index (χ3v) is 3.75. The van der Waals surface area contributed by atoms with E-state index in [0.29, 0.717) is 12.4 Å². The Morgan fingerprint density at radius 1 is 1.53 bits per heavy atom. The van der Waals surface area contributed by atoms with E-state index in [-0.39, 0.29) is 0 Å². The monoisotopic (exact) mass is 223 g/mol. The van der Waals surface area contributed by atoms with Gasteiger partial charge in [0.15, 0.2) is 0 Å². The highest BCUT2D eigenvalue weighted by molar-refractivity contribution is 6.76. The maximum Gasteiger partial charge on any atom is 0.141 e. The third-order valence-electron chi connectivity index (χ3n) is 2.04. The van der Waals surface area contributed by atoms with Crippen molar-refractivity contribution < 1.29 is 4.74 Å². The van der Waals surface area contributed by atoms with Gasteiger partial charge in [0.05, 0.1) is 6.20 Å². The van der Waals surface area contributed by atoms with Crippen LogP contribution in [0, 0.1) is 11.3 Å². The molecule has 0 amide bonds. The SMILES string of the molecule is C[Si](C)(C)CCOCn1nccc1C#N. The van der Waals surface area contributed by atoms with Gasteiger partial charge in [0, 0.05) is 14.7 Å². The third kappa shape index (κ3) is 4.28. The zero-order chi connectivity index (χ0) is 11.3. The molecule has 4 nitrogen and oxygen atoms in total. The molecule has 0 saturated carbocycles. The fraction of sp³-hybridized carbons (Fsp3) is 0.600. The molecule has 5 heteroatoms. The molecule has 0 aliphatic rings. The van der Waals surface area contributed by atoms with Crippen LogP contribution in [0.3, 0.4) is 0 Å². The average Bonchev–Trinajstić information content (AvgIpc) is 2.58. The van der Waals surface area contributed by atoms with Crippen LogP contribution in [0.1, 0.15) is 5.69 Å². The Hall–Kier alpha value is -1.12. The lowest BCUT2D eigenvalue weighted by Crippen LogP contribution is -2.22. The van der Waals surface area contributed by atoms with Crippen molar-refractivity contribution in [1.82, 2.24) is 9.78 Å². The second-order valence-corrected chi connectivity index (χ2v) is 10.3. The summed E-state index contributed by atoms with van der Waals surface area (Å²) >= 11 is 0. The van der Waals surface area contributed by atoms with Crippen molar-refractivity contribution in [1.29, 1.82) is 5.26 Å². The normalized spacial score (nSPS) is 11.3. The molecule has 0 aliphatic carbocycles. The molecule has 0 atom stereocenters. The summed E-state index contributed by atoms with van der Waals surface area (Å²) in [6.07, 6.45) is 1.61. The Bertz CT molecular complexity index is 348. The van der Waals surface area contributed by atoms with E-state index < -0.39 is 8.07 Å². The molecule has 1 aromatic heterocycles. The first kappa shape index (κ1) is 11.9. The van der Waals surface area contributed by atoms with Crippen LogP contribution < -0.4 is 0 Å². The Labute approximate surface area is 91.5 Å². The molecule has 1 aromatic rings. The number of ether oxygens (including phenoxy) is 1. The second kappa shape index (κ2) is 5.10. The summed E-state index contributed by atoms with van der Waals surface area (Å²) in [5.41, 5.74) is 0.544. The van der Waals surface area contributed by atoms with Gasteiger partial charge in [0.2, 0.25) is 0 Å². The maximum absolute atomic E-state index is 8.73. The summed E-state index contributed by atoms with van der Waals surface area (Å²) in [5.74, 6) is 0. The molecule has 82 valence electrons. The van der Waals surface area contributed by atoms with E-state index in [4.69, 9.17) is 10.00 Å². The summed E-state index contributed by atoms with van der Waals surface area (Å²) in [6.45, 7) is 8.06. The summed E-state index contributed by atoms with van der Waals surface area (Å²) in [6, 6.07) is 4.88. The van der Waals surface area contributed by atoms with Gasteiger partial charge in [-0.05, 0) is 12.1 Å². The molecular formula is C10H17N3OSi. The van der Waals surface area contributed by atoms with Crippen LogP contribution in [0.4, 0.5) is 0 Å². The largest absolute Gasteiger partial charge is 0.359 e. The summed E-state index contributed by atoms with van der Waals surface area (Å²) < 4.78 is 7.05.